The van der Waals surface area contributed by atoms with Crippen molar-refractivity contribution in [2.45, 2.75) is 6.54 Å². The van der Waals surface area contributed by atoms with E-state index in [1.54, 1.807) is 24.3 Å². The summed E-state index contributed by atoms with van der Waals surface area (Å²) >= 11 is 5.84. The van der Waals surface area contributed by atoms with Gasteiger partial charge in [-0.25, -0.2) is 0 Å². The Morgan fingerprint density at radius 1 is 0.952 bits per heavy atom. The molecule has 0 aliphatic carbocycles. The Morgan fingerprint density at radius 3 is 2.38 bits per heavy atom. The number of para-hydroxylation sites is 1. The van der Waals surface area contributed by atoms with Gasteiger partial charge in [0.2, 0.25) is 17.8 Å². The van der Waals surface area contributed by atoms with Gasteiger partial charge in [0.05, 0.1) is 0 Å². The molecule has 0 amide bonds. The zero-order chi connectivity index (χ0) is 13.9. The van der Waals surface area contributed by atoms with E-state index in [0.29, 0.717) is 17.1 Å². The normalized spacial score (nSPS) is 10.1. The number of rotatable bonds is 3. The van der Waals surface area contributed by atoms with Crippen LogP contribution in [0.1, 0.15) is 10.4 Å². The number of fused-ring (bicyclic) bond motifs is 1. The molecule has 4 heteroatoms. The first-order chi connectivity index (χ1) is 9.74. The average molecular weight is 364 g/mol. The lowest BCUT2D eigenvalue weighted by molar-refractivity contribution is -0.657. The van der Waals surface area contributed by atoms with Crippen molar-refractivity contribution in [3.63, 3.8) is 0 Å². The molecule has 0 aliphatic rings. The van der Waals surface area contributed by atoms with Gasteiger partial charge in [-0.15, -0.1) is 17.0 Å². The number of pyridine rings is 1. The SMILES string of the molecule is Br.O=C(C[n+]1cccc2ccccc21)c1ccc(Cl)cc1. The van der Waals surface area contributed by atoms with Crippen LogP contribution in [0.3, 0.4) is 0 Å². The van der Waals surface area contributed by atoms with Crippen molar-refractivity contribution < 1.29 is 9.36 Å². The number of nitrogens with zero attached hydrogens (tertiary/aromatic N) is 1. The molecule has 3 rings (SSSR count). The van der Waals surface area contributed by atoms with E-state index < -0.39 is 0 Å². The van der Waals surface area contributed by atoms with Crippen molar-refractivity contribution in [2.75, 3.05) is 0 Å². The van der Waals surface area contributed by atoms with Crippen LogP contribution in [-0.2, 0) is 6.54 Å². The van der Waals surface area contributed by atoms with Crippen molar-refractivity contribution in [1.82, 2.24) is 0 Å². The monoisotopic (exact) mass is 362 g/mol. The van der Waals surface area contributed by atoms with Gasteiger partial charge in [-0.1, -0.05) is 23.7 Å². The van der Waals surface area contributed by atoms with Crippen LogP contribution in [0.5, 0.6) is 0 Å². The Hall–Kier alpha value is -1.71. The van der Waals surface area contributed by atoms with Crippen LogP contribution in [0.4, 0.5) is 0 Å². The van der Waals surface area contributed by atoms with Gasteiger partial charge in [-0.3, -0.25) is 4.79 Å². The number of carbonyl (C=O) groups is 1. The summed E-state index contributed by atoms with van der Waals surface area (Å²) < 4.78 is 1.96. The van der Waals surface area contributed by atoms with Crippen LogP contribution in [0.2, 0.25) is 5.02 Å². The summed E-state index contributed by atoms with van der Waals surface area (Å²) in [6.45, 7) is 0.322. The lowest BCUT2D eigenvalue weighted by Crippen LogP contribution is -2.38. The maximum atomic E-state index is 12.3. The summed E-state index contributed by atoms with van der Waals surface area (Å²) in [4.78, 5) is 12.3. The molecule has 0 N–H and O–H groups in total. The average Bonchev–Trinajstić information content (AvgIpc) is 2.48. The van der Waals surface area contributed by atoms with Crippen molar-refractivity contribution in [3.8, 4) is 0 Å². The molecule has 0 saturated carbocycles. The summed E-state index contributed by atoms with van der Waals surface area (Å²) in [5.74, 6) is 0.0722. The maximum absolute atomic E-state index is 12.3. The zero-order valence-corrected chi connectivity index (χ0v) is 13.7. The molecule has 0 spiro atoms. The van der Waals surface area contributed by atoms with Crippen LogP contribution in [0.25, 0.3) is 10.9 Å². The summed E-state index contributed by atoms with van der Waals surface area (Å²) in [7, 11) is 0. The van der Waals surface area contributed by atoms with Gasteiger partial charge in [-0.2, -0.15) is 4.57 Å². The molecule has 21 heavy (non-hydrogen) atoms. The first kappa shape index (κ1) is 15.7. The minimum absolute atomic E-state index is 0. The molecule has 0 saturated heterocycles. The van der Waals surface area contributed by atoms with Gasteiger partial charge < -0.3 is 0 Å². The smallest absolute Gasteiger partial charge is 0.227 e. The van der Waals surface area contributed by atoms with Crippen LogP contribution in [0, 0.1) is 0 Å². The van der Waals surface area contributed by atoms with Gasteiger partial charge in [0.25, 0.3) is 0 Å². The first-order valence-corrected chi connectivity index (χ1v) is 6.78. The van der Waals surface area contributed by atoms with E-state index in [9.17, 15) is 4.79 Å². The Morgan fingerprint density at radius 2 is 1.62 bits per heavy atom. The third kappa shape index (κ3) is 3.49. The molecule has 3 aromatic rings. The quantitative estimate of drug-likeness (QED) is 0.503. The molecular weight excluding hydrogens is 350 g/mol. The Balaban J connectivity index is 0.00000161. The zero-order valence-electron chi connectivity index (χ0n) is 11.2. The lowest BCUT2D eigenvalue weighted by Gasteiger charge is -2.01. The van der Waals surface area contributed by atoms with Crippen LogP contribution in [0.15, 0.2) is 66.9 Å². The van der Waals surface area contributed by atoms with Crippen molar-refractivity contribution >= 4 is 45.3 Å². The van der Waals surface area contributed by atoms with Crippen LogP contribution >= 0.6 is 28.6 Å². The molecule has 0 aliphatic heterocycles. The second-order valence-electron chi connectivity index (χ2n) is 4.62. The predicted octanol–water partition coefficient (Wildman–Crippen LogP) is 4.24. The summed E-state index contributed by atoms with van der Waals surface area (Å²) in [5, 5.41) is 1.76. The van der Waals surface area contributed by atoms with Crippen molar-refractivity contribution in [2.24, 2.45) is 0 Å². The molecule has 2 nitrogen and oxygen atoms in total. The Kier molecular flexibility index (Phi) is 5.10. The minimum atomic E-state index is 0. The van der Waals surface area contributed by atoms with Crippen LogP contribution < -0.4 is 4.57 Å². The molecule has 1 heterocycles. The molecule has 0 radical (unpaired) electrons. The molecule has 0 fully saturated rings. The molecule has 0 bridgehead atoms. The summed E-state index contributed by atoms with van der Waals surface area (Å²) in [5.41, 5.74) is 1.73. The lowest BCUT2D eigenvalue weighted by atomic mass is 10.1. The van der Waals surface area contributed by atoms with E-state index in [2.05, 4.69) is 0 Å². The number of hydrogen-bond acceptors (Lipinski definition) is 1. The van der Waals surface area contributed by atoms with E-state index in [-0.39, 0.29) is 22.8 Å². The predicted molar refractivity (Wildman–Crippen MR) is 90.2 cm³/mol. The molecule has 1 aromatic heterocycles. The minimum Gasteiger partial charge on any atom is -0.287 e. The molecular formula is C17H14BrClNO+. The maximum Gasteiger partial charge on any atom is 0.227 e. The van der Waals surface area contributed by atoms with Crippen LogP contribution in [-0.4, -0.2) is 5.78 Å². The fraction of sp³-hybridized carbons (Fsp3) is 0.0588. The van der Waals surface area contributed by atoms with Crippen molar-refractivity contribution in [1.29, 1.82) is 0 Å². The van der Waals surface area contributed by atoms with E-state index >= 15 is 0 Å². The highest BCUT2D eigenvalue weighted by molar-refractivity contribution is 8.93. The topological polar surface area (TPSA) is 20.9 Å². The van der Waals surface area contributed by atoms with Gasteiger partial charge in [0, 0.05) is 28.1 Å². The fourth-order valence-electron chi connectivity index (χ4n) is 2.24. The molecule has 2 aromatic carbocycles. The van der Waals surface area contributed by atoms with Gasteiger partial charge in [0.1, 0.15) is 0 Å². The van der Waals surface area contributed by atoms with E-state index in [1.807, 2.05) is 47.2 Å². The summed E-state index contributed by atoms with van der Waals surface area (Å²) in [6, 6.07) is 19.0. The highest BCUT2D eigenvalue weighted by Gasteiger charge is 2.14. The highest BCUT2D eigenvalue weighted by Crippen LogP contribution is 2.11. The number of benzene rings is 2. The van der Waals surface area contributed by atoms with E-state index in [0.717, 1.165) is 10.9 Å². The molecule has 106 valence electrons. The number of aromatic nitrogens is 1. The Labute approximate surface area is 138 Å². The summed E-state index contributed by atoms with van der Waals surface area (Å²) in [6.07, 6.45) is 1.93. The third-order valence-corrected chi connectivity index (χ3v) is 3.52. The van der Waals surface area contributed by atoms with Crippen molar-refractivity contribution in [3.05, 3.63) is 77.4 Å². The molecule has 0 atom stereocenters. The number of hydrogen-bond donors (Lipinski definition) is 0. The second-order valence-corrected chi connectivity index (χ2v) is 5.06. The Bertz CT molecular complexity index is 766. The highest BCUT2D eigenvalue weighted by atomic mass is 79.9. The number of Topliss-reactive ketones (excluding diaryl/α,β-unsaturated/α-hetero) is 1. The third-order valence-electron chi connectivity index (χ3n) is 3.27. The number of halogens is 2. The van der Waals surface area contributed by atoms with Gasteiger partial charge in [0.15, 0.2) is 6.20 Å². The number of ketones is 1. The van der Waals surface area contributed by atoms with E-state index in [4.69, 9.17) is 11.6 Å². The van der Waals surface area contributed by atoms with Gasteiger partial charge in [-0.05, 0) is 36.4 Å². The van der Waals surface area contributed by atoms with E-state index in [1.165, 1.54) is 0 Å². The van der Waals surface area contributed by atoms with Gasteiger partial charge >= 0.3 is 0 Å². The molecule has 0 unspecified atom stereocenters. The second kappa shape index (κ2) is 6.83. The fourth-order valence-corrected chi connectivity index (χ4v) is 2.37. The standard InChI is InChI=1S/C17H13ClNO.BrH/c18-15-9-7-14(8-10-15)17(20)12-19-11-3-5-13-4-1-2-6-16(13)19;/h1-11H,12H2;1H/q+1;. The number of carbonyl (C=O) groups excluding carboxylic acids is 1. The first-order valence-electron chi connectivity index (χ1n) is 6.40. The largest absolute Gasteiger partial charge is 0.287 e.